The van der Waals surface area contributed by atoms with Gasteiger partial charge in [0.2, 0.25) is 18.0 Å². The average molecular weight is 695 g/mol. The summed E-state index contributed by atoms with van der Waals surface area (Å²) < 4.78 is 28.6. The second kappa shape index (κ2) is 15.0. The Balaban J connectivity index is 1.12. The van der Waals surface area contributed by atoms with Crippen molar-refractivity contribution in [1.82, 2.24) is 9.47 Å². The number of halogens is 2. The van der Waals surface area contributed by atoms with E-state index in [0.717, 1.165) is 43.2 Å². The van der Waals surface area contributed by atoms with Crippen LogP contribution in [0.15, 0.2) is 85.5 Å². The van der Waals surface area contributed by atoms with Crippen molar-refractivity contribution in [3.8, 4) is 11.5 Å². The van der Waals surface area contributed by atoms with Gasteiger partial charge in [-0.3, -0.25) is 9.59 Å². The van der Waals surface area contributed by atoms with Crippen molar-refractivity contribution in [2.24, 2.45) is 0 Å². The second-order valence-electron chi connectivity index (χ2n) is 12.0. The van der Waals surface area contributed by atoms with Gasteiger partial charge in [-0.2, -0.15) is 0 Å². The molecule has 0 unspecified atom stereocenters. The molecule has 1 aromatic heterocycles. The van der Waals surface area contributed by atoms with E-state index >= 15 is 0 Å². The van der Waals surface area contributed by atoms with Crippen LogP contribution in [0.25, 0.3) is 0 Å². The standard InChI is InChI=1S/C36H39Cl2N4O6/c1-26(43)41-16-18-42(19-17-41)30-6-10-31(11-7-30)45-23-33-13-20-46-36(48-33,34-12-5-29(37)21-35(34)38)24-40-15-14-39(25-40)22-28-3-8-32(9-4-28)47-27(2)44/h3-12,14-15,21,25,33H,13,16-20,22-24H2,1-2H3/q+1/t33-,36-/m0/s1. The molecule has 48 heavy (non-hydrogen) atoms. The number of benzene rings is 3. The zero-order chi connectivity index (χ0) is 33.7. The van der Waals surface area contributed by atoms with E-state index in [0.29, 0.717) is 54.1 Å². The summed E-state index contributed by atoms with van der Waals surface area (Å²) in [5, 5.41) is 0.981. The van der Waals surface area contributed by atoms with E-state index in [9.17, 15) is 9.59 Å². The molecular weight excluding hydrogens is 655 g/mol. The summed E-state index contributed by atoms with van der Waals surface area (Å²) in [4.78, 5) is 27.1. The Morgan fingerprint density at radius 3 is 2.38 bits per heavy atom. The molecule has 252 valence electrons. The van der Waals surface area contributed by atoms with Gasteiger partial charge in [-0.05, 0) is 54.1 Å². The molecule has 0 radical (unpaired) electrons. The predicted molar refractivity (Wildman–Crippen MR) is 181 cm³/mol. The monoisotopic (exact) mass is 693 g/mol. The maximum absolute atomic E-state index is 11.7. The lowest BCUT2D eigenvalue weighted by atomic mass is 10.0. The lowest BCUT2D eigenvalue weighted by Gasteiger charge is -2.40. The topological polar surface area (TPSA) is 86.4 Å². The molecule has 3 aromatic carbocycles. The summed E-state index contributed by atoms with van der Waals surface area (Å²) >= 11 is 13.0. The Labute approximate surface area is 290 Å². The van der Waals surface area contributed by atoms with Gasteiger partial charge >= 0.3 is 5.97 Å². The van der Waals surface area contributed by atoms with Crippen LogP contribution >= 0.6 is 23.2 Å². The van der Waals surface area contributed by atoms with E-state index in [1.54, 1.807) is 31.2 Å². The number of hydrogen-bond donors (Lipinski definition) is 0. The van der Waals surface area contributed by atoms with Gasteiger partial charge in [-0.25, -0.2) is 9.13 Å². The number of nitrogens with zero attached hydrogens (tertiary/aromatic N) is 4. The number of esters is 1. The Bertz CT molecular complexity index is 1720. The van der Waals surface area contributed by atoms with Crippen LogP contribution in [0.4, 0.5) is 5.69 Å². The first-order chi connectivity index (χ1) is 23.2. The van der Waals surface area contributed by atoms with E-state index < -0.39 is 5.79 Å². The maximum atomic E-state index is 11.7. The molecule has 4 aromatic rings. The number of aromatic nitrogens is 2. The van der Waals surface area contributed by atoms with E-state index in [1.807, 2.05) is 63.1 Å². The number of amides is 1. The molecule has 10 nitrogen and oxygen atoms in total. The molecule has 0 bridgehead atoms. The quantitative estimate of drug-likeness (QED) is 0.124. The van der Waals surface area contributed by atoms with Crippen molar-refractivity contribution < 1.29 is 33.1 Å². The van der Waals surface area contributed by atoms with Gasteiger partial charge in [0.1, 0.15) is 43.6 Å². The molecule has 0 saturated carbocycles. The fourth-order valence-electron chi connectivity index (χ4n) is 6.07. The summed E-state index contributed by atoms with van der Waals surface area (Å²) in [7, 11) is 0. The van der Waals surface area contributed by atoms with E-state index in [-0.39, 0.29) is 18.0 Å². The van der Waals surface area contributed by atoms with E-state index in [1.165, 1.54) is 6.92 Å². The van der Waals surface area contributed by atoms with Crippen molar-refractivity contribution >= 4 is 40.8 Å². The SMILES string of the molecule is CC(=O)Oc1ccc(C[n+]2ccn(C[C@]3(c4ccc(Cl)cc4Cl)OCC[C@@H](COc4ccc(N5CCN(C(C)=O)CC5)cc4)O3)c2)cc1. The minimum atomic E-state index is -1.18. The predicted octanol–water partition coefficient (Wildman–Crippen LogP) is 5.46. The first-order valence-corrected chi connectivity index (χ1v) is 16.7. The van der Waals surface area contributed by atoms with E-state index in [2.05, 4.69) is 17.0 Å². The molecule has 2 aliphatic rings. The van der Waals surface area contributed by atoms with Crippen LogP contribution in [0, 0.1) is 0 Å². The molecule has 2 fully saturated rings. The zero-order valence-electron chi connectivity index (χ0n) is 27.0. The number of rotatable bonds is 10. The van der Waals surface area contributed by atoms with E-state index in [4.69, 9.17) is 42.1 Å². The minimum absolute atomic E-state index is 0.120. The van der Waals surface area contributed by atoms with Crippen LogP contribution in [-0.4, -0.2) is 66.8 Å². The van der Waals surface area contributed by atoms with Gasteiger partial charge in [-0.1, -0.05) is 41.4 Å². The molecule has 0 spiro atoms. The third-order valence-electron chi connectivity index (χ3n) is 8.52. The molecule has 0 aliphatic carbocycles. The fraction of sp³-hybridized carbons (Fsp3) is 0.361. The molecule has 3 heterocycles. The summed E-state index contributed by atoms with van der Waals surface area (Å²) in [5.74, 6) is -0.147. The molecule has 2 aliphatic heterocycles. The molecule has 0 N–H and O–H groups in total. The number of imidazole rings is 1. The number of carbonyl (C=O) groups is 2. The number of piperazine rings is 1. The van der Waals surface area contributed by atoms with Crippen LogP contribution in [0.1, 0.15) is 31.4 Å². The van der Waals surface area contributed by atoms with Crippen molar-refractivity contribution in [3.63, 3.8) is 0 Å². The summed E-state index contributed by atoms with van der Waals surface area (Å²) in [5.41, 5.74) is 2.84. The normalized spacial score (nSPS) is 19.6. The summed E-state index contributed by atoms with van der Waals surface area (Å²) in [6.07, 6.45) is 6.32. The Morgan fingerprint density at radius 1 is 0.958 bits per heavy atom. The smallest absolute Gasteiger partial charge is 0.308 e. The van der Waals surface area contributed by atoms with Crippen molar-refractivity contribution in [2.75, 3.05) is 44.3 Å². The van der Waals surface area contributed by atoms with Gasteiger partial charge in [0, 0.05) is 62.7 Å². The van der Waals surface area contributed by atoms with Crippen LogP contribution in [0.3, 0.4) is 0 Å². The second-order valence-corrected chi connectivity index (χ2v) is 12.9. The minimum Gasteiger partial charge on any atom is -0.491 e. The Hall–Kier alpha value is -4.09. The number of hydrogen-bond acceptors (Lipinski definition) is 7. The molecule has 2 saturated heterocycles. The van der Waals surface area contributed by atoms with Crippen molar-refractivity contribution in [3.05, 3.63) is 107 Å². The van der Waals surface area contributed by atoms with Gasteiger partial charge in [-0.15, -0.1) is 0 Å². The maximum Gasteiger partial charge on any atom is 0.308 e. The lowest BCUT2D eigenvalue weighted by molar-refractivity contribution is -0.688. The number of carbonyl (C=O) groups excluding carboxylic acids is 2. The van der Waals surface area contributed by atoms with Crippen LogP contribution in [0.2, 0.25) is 10.0 Å². The highest BCUT2D eigenvalue weighted by molar-refractivity contribution is 6.35. The highest BCUT2D eigenvalue weighted by Crippen LogP contribution is 2.40. The first-order valence-electron chi connectivity index (χ1n) is 16.0. The van der Waals surface area contributed by atoms with Crippen molar-refractivity contribution in [2.45, 2.75) is 45.2 Å². The molecular formula is C36H39Cl2N4O6+. The van der Waals surface area contributed by atoms with Crippen LogP contribution in [-0.2, 0) is 37.9 Å². The van der Waals surface area contributed by atoms with Crippen LogP contribution < -0.4 is 18.9 Å². The highest BCUT2D eigenvalue weighted by atomic mass is 35.5. The van der Waals surface area contributed by atoms with Gasteiger partial charge in [0.05, 0.1) is 17.7 Å². The molecule has 12 heteroatoms. The zero-order valence-corrected chi connectivity index (χ0v) is 28.5. The molecule has 6 rings (SSSR count). The van der Waals surface area contributed by atoms with Gasteiger partial charge in [0.15, 0.2) is 0 Å². The van der Waals surface area contributed by atoms with Crippen LogP contribution in [0.5, 0.6) is 11.5 Å². The third kappa shape index (κ3) is 8.30. The Morgan fingerprint density at radius 2 is 1.69 bits per heavy atom. The van der Waals surface area contributed by atoms with Gasteiger partial charge < -0.3 is 28.7 Å². The molecule has 1 amide bonds. The fourth-order valence-corrected chi connectivity index (χ4v) is 6.62. The largest absolute Gasteiger partial charge is 0.491 e. The Kier molecular flexibility index (Phi) is 10.6. The number of ether oxygens (including phenoxy) is 4. The first kappa shape index (κ1) is 33.8. The summed E-state index contributed by atoms with van der Waals surface area (Å²) in [6.45, 7) is 7.81. The van der Waals surface area contributed by atoms with Gasteiger partial charge in [0.25, 0.3) is 0 Å². The number of anilines is 1. The average Bonchev–Trinajstić information content (AvgIpc) is 3.50. The lowest BCUT2D eigenvalue weighted by Crippen LogP contribution is -2.48. The van der Waals surface area contributed by atoms with Crippen molar-refractivity contribution in [1.29, 1.82) is 0 Å². The third-order valence-corrected chi connectivity index (χ3v) is 9.07. The summed E-state index contributed by atoms with van der Waals surface area (Å²) in [6, 6.07) is 20.8. The highest BCUT2D eigenvalue weighted by Gasteiger charge is 2.44. The molecule has 2 atom stereocenters.